The molecule has 1 aliphatic heterocycles. The largest absolute Gasteiger partial charge is 0.368 e. The van der Waals surface area contributed by atoms with Crippen molar-refractivity contribution in [2.75, 3.05) is 18.0 Å². The number of nitrogens with zero attached hydrogens (tertiary/aromatic N) is 3. The second-order valence-electron chi connectivity index (χ2n) is 6.85. The second-order valence-corrected chi connectivity index (χ2v) is 7.25. The highest BCUT2D eigenvalue weighted by Crippen LogP contribution is 2.33. The van der Waals surface area contributed by atoms with Gasteiger partial charge in [-0.05, 0) is 49.8 Å². The summed E-state index contributed by atoms with van der Waals surface area (Å²) in [7, 11) is 0. The monoisotopic (exact) mass is 361 g/mol. The molecule has 0 unspecified atom stereocenters. The van der Waals surface area contributed by atoms with E-state index in [0.29, 0.717) is 17.4 Å². The van der Waals surface area contributed by atoms with Gasteiger partial charge in [-0.3, -0.25) is 4.98 Å². The smallest absolute Gasteiger partial charge is 0.151 e. The van der Waals surface area contributed by atoms with Crippen molar-refractivity contribution in [3.8, 4) is 11.3 Å². The minimum absolute atomic E-state index is 0.351. The van der Waals surface area contributed by atoms with Crippen molar-refractivity contribution < 1.29 is 10.2 Å². The van der Waals surface area contributed by atoms with Crippen molar-refractivity contribution >= 4 is 17.4 Å². The lowest BCUT2D eigenvalue weighted by Crippen LogP contribution is -2.35. The van der Waals surface area contributed by atoms with E-state index >= 15 is 0 Å². The van der Waals surface area contributed by atoms with Gasteiger partial charge in [-0.25, -0.2) is 4.98 Å². The summed E-state index contributed by atoms with van der Waals surface area (Å²) in [6.45, 7) is 5.77. The Morgan fingerprint density at radius 1 is 1.16 bits per heavy atom. The Kier molecular flexibility index (Phi) is 5.57. The van der Waals surface area contributed by atoms with Gasteiger partial charge in [0.15, 0.2) is 6.29 Å². The third-order valence-corrected chi connectivity index (χ3v) is 5.09. The summed E-state index contributed by atoms with van der Waals surface area (Å²) in [6.07, 6.45) is 4.63. The van der Waals surface area contributed by atoms with Gasteiger partial charge in [0, 0.05) is 37.5 Å². The minimum atomic E-state index is -1.22. The molecule has 0 bridgehead atoms. The summed E-state index contributed by atoms with van der Waals surface area (Å²) < 4.78 is 0. The lowest BCUT2D eigenvalue weighted by molar-refractivity contribution is -0.0577. The fourth-order valence-corrected chi connectivity index (χ4v) is 3.67. The number of anilines is 1. The molecule has 2 N–H and O–H groups in total. The van der Waals surface area contributed by atoms with E-state index in [1.165, 1.54) is 0 Å². The molecule has 0 aliphatic carbocycles. The molecule has 25 heavy (non-hydrogen) atoms. The summed E-state index contributed by atoms with van der Waals surface area (Å²) >= 11 is 6.39. The number of pyridine rings is 2. The van der Waals surface area contributed by atoms with Gasteiger partial charge in [0.2, 0.25) is 0 Å². The number of hydrogen-bond acceptors (Lipinski definition) is 5. The predicted molar refractivity (Wildman–Crippen MR) is 99.7 cm³/mol. The van der Waals surface area contributed by atoms with E-state index in [-0.39, 0.29) is 0 Å². The predicted octanol–water partition coefficient (Wildman–Crippen LogP) is 3.33. The molecule has 3 heterocycles. The normalized spacial score (nSPS) is 15.8. The number of aliphatic hydroxyl groups is 2. The van der Waals surface area contributed by atoms with Gasteiger partial charge >= 0.3 is 0 Å². The zero-order valence-corrected chi connectivity index (χ0v) is 15.4. The van der Waals surface area contributed by atoms with E-state index < -0.39 is 6.29 Å². The SMILES string of the molecule is Cc1cnc(-c2cc(N3CCC(CC(O)O)CC3)ncc2Cl)c(C)c1. The highest BCUT2D eigenvalue weighted by atomic mass is 35.5. The Balaban J connectivity index is 1.81. The van der Waals surface area contributed by atoms with Crippen LogP contribution in [0.3, 0.4) is 0 Å². The third-order valence-electron chi connectivity index (χ3n) is 4.79. The number of aliphatic hydroxyl groups excluding tert-OH is 1. The van der Waals surface area contributed by atoms with Crippen LogP contribution in [0.5, 0.6) is 0 Å². The van der Waals surface area contributed by atoms with E-state index in [9.17, 15) is 0 Å². The lowest BCUT2D eigenvalue weighted by Gasteiger charge is -2.33. The third kappa shape index (κ3) is 4.29. The number of aryl methyl sites for hydroxylation is 2. The van der Waals surface area contributed by atoms with Crippen LogP contribution in [0.1, 0.15) is 30.4 Å². The molecule has 5 nitrogen and oxygen atoms in total. The van der Waals surface area contributed by atoms with E-state index in [4.69, 9.17) is 21.8 Å². The molecule has 0 atom stereocenters. The Hall–Kier alpha value is -1.69. The van der Waals surface area contributed by atoms with E-state index in [0.717, 1.165) is 54.1 Å². The maximum Gasteiger partial charge on any atom is 0.151 e. The lowest BCUT2D eigenvalue weighted by atomic mass is 9.93. The van der Waals surface area contributed by atoms with Gasteiger partial charge in [-0.15, -0.1) is 0 Å². The average molecular weight is 362 g/mol. The Morgan fingerprint density at radius 2 is 1.88 bits per heavy atom. The first-order chi connectivity index (χ1) is 11.9. The first-order valence-electron chi connectivity index (χ1n) is 8.64. The highest BCUT2D eigenvalue weighted by Gasteiger charge is 2.22. The molecule has 2 aromatic rings. The molecule has 134 valence electrons. The maximum absolute atomic E-state index is 9.13. The van der Waals surface area contributed by atoms with Crippen LogP contribution in [-0.4, -0.2) is 39.6 Å². The molecule has 3 rings (SSSR count). The zero-order valence-electron chi connectivity index (χ0n) is 14.6. The van der Waals surface area contributed by atoms with Crippen molar-refractivity contribution in [3.05, 3.63) is 40.7 Å². The van der Waals surface area contributed by atoms with Crippen molar-refractivity contribution in [3.63, 3.8) is 0 Å². The Labute approximate surface area is 153 Å². The van der Waals surface area contributed by atoms with E-state index in [2.05, 4.69) is 20.9 Å². The van der Waals surface area contributed by atoms with Crippen LogP contribution in [0.2, 0.25) is 5.02 Å². The summed E-state index contributed by atoms with van der Waals surface area (Å²) in [4.78, 5) is 11.3. The number of rotatable bonds is 4. The van der Waals surface area contributed by atoms with Gasteiger partial charge < -0.3 is 15.1 Å². The highest BCUT2D eigenvalue weighted by molar-refractivity contribution is 6.33. The molecule has 1 aliphatic rings. The van der Waals surface area contributed by atoms with Crippen LogP contribution < -0.4 is 4.90 Å². The molecular weight excluding hydrogens is 338 g/mol. The average Bonchev–Trinajstić information content (AvgIpc) is 2.56. The molecule has 1 saturated heterocycles. The van der Waals surface area contributed by atoms with Crippen molar-refractivity contribution in [1.29, 1.82) is 0 Å². The number of piperidine rings is 1. The standard InChI is InChI=1S/C19H24ClN3O2/c1-12-7-13(2)19(22-10-12)15-9-17(21-11-16(15)20)23-5-3-14(4-6-23)8-18(24)25/h7,9-11,14,18,24-25H,3-6,8H2,1-2H3. The van der Waals surface area contributed by atoms with Gasteiger partial charge in [0.25, 0.3) is 0 Å². The van der Waals surface area contributed by atoms with Crippen LogP contribution >= 0.6 is 11.6 Å². The Morgan fingerprint density at radius 3 is 2.52 bits per heavy atom. The topological polar surface area (TPSA) is 69.5 Å². The van der Waals surface area contributed by atoms with Crippen molar-refractivity contribution in [1.82, 2.24) is 9.97 Å². The quantitative estimate of drug-likeness (QED) is 0.817. The van der Waals surface area contributed by atoms with Gasteiger partial charge in [-0.2, -0.15) is 0 Å². The molecule has 6 heteroatoms. The molecule has 0 saturated carbocycles. The van der Waals surface area contributed by atoms with E-state index in [1.54, 1.807) is 6.20 Å². The Bertz CT molecular complexity index is 743. The zero-order chi connectivity index (χ0) is 18.0. The maximum atomic E-state index is 9.13. The number of halogens is 1. The van der Waals surface area contributed by atoms with Crippen LogP contribution in [0.25, 0.3) is 11.3 Å². The van der Waals surface area contributed by atoms with Gasteiger partial charge in [-0.1, -0.05) is 17.7 Å². The molecule has 0 radical (unpaired) electrons. The fourth-order valence-electron chi connectivity index (χ4n) is 3.48. The second kappa shape index (κ2) is 7.68. The molecule has 2 aromatic heterocycles. The van der Waals surface area contributed by atoms with Crippen molar-refractivity contribution in [2.24, 2.45) is 5.92 Å². The minimum Gasteiger partial charge on any atom is -0.368 e. The first kappa shape index (κ1) is 18.1. The van der Waals surface area contributed by atoms with Gasteiger partial charge in [0.1, 0.15) is 5.82 Å². The van der Waals surface area contributed by atoms with E-state index in [1.807, 2.05) is 26.1 Å². The number of hydrogen-bond donors (Lipinski definition) is 2. The first-order valence-corrected chi connectivity index (χ1v) is 9.02. The molecule has 0 aromatic carbocycles. The fraction of sp³-hybridized carbons (Fsp3) is 0.474. The van der Waals surface area contributed by atoms with Crippen molar-refractivity contribution in [2.45, 2.75) is 39.4 Å². The van der Waals surface area contributed by atoms with Crippen LogP contribution in [0.15, 0.2) is 24.5 Å². The summed E-state index contributed by atoms with van der Waals surface area (Å²) in [5, 5.41) is 18.9. The summed E-state index contributed by atoms with van der Waals surface area (Å²) in [6, 6.07) is 4.11. The summed E-state index contributed by atoms with van der Waals surface area (Å²) in [5.74, 6) is 1.24. The molecule has 0 spiro atoms. The molecule has 1 fully saturated rings. The summed E-state index contributed by atoms with van der Waals surface area (Å²) in [5.41, 5.74) is 4.00. The molecular formula is C19H24ClN3O2. The van der Waals surface area contributed by atoms with Crippen LogP contribution in [0, 0.1) is 19.8 Å². The molecule has 0 amide bonds. The van der Waals surface area contributed by atoms with Crippen LogP contribution in [0.4, 0.5) is 5.82 Å². The number of aromatic nitrogens is 2. The van der Waals surface area contributed by atoms with Gasteiger partial charge in [0.05, 0.1) is 10.7 Å². The van der Waals surface area contributed by atoms with Crippen LogP contribution in [-0.2, 0) is 0 Å².